The summed E-state index contributed by atoms with van der Waals surface area (Å²) in [7, 11) is 0. The highest BCUT2D eigenvalue weighted by Crippen LogP contribution is 2.29. The van der Waals surface area contributed by atoms with Gasteiger partial charge in [0, 0.05) is 0 Å². The lowest BCUT2D eigenvalue weighted by molar-refractivity contribution is -0.162. The van der Waals surface area contributed by atoms with E-state index >= 15 is 0 Å². The fourth-order valence-corrected chi connectivity index (χ4v) is 2.14. The molecule has 0 aliphatic heterocycles. The molecule has 1 aromatic carbocycles. The number of amides is 1. The number of alkyl halides is 6. The monoisotopic (exact) mass is 365 g/mol. The maximum atomic E-state index is 12.7. The summed E-state index contributed by atoms with van der Waals surface area (Å²) in [6.07, 6.45) is -8.32. The van der Waals surface area contributed by atoms with Gasteiger partial charge >= 0.3 is 12.4 Å². The Morgan fingerprint density at radius 2 is 1.64 bits per heavy atom. The van der Waals surface area contributed by atoms with Crippen molar-refractivity contribution < 1.29 is 35.6 Å². The Bertz CT molecular complexity index is 689. The van der Waals surface area contributed by atoms with Crippen LogP contribution in [0, 0.1) is 0 Å². The Balaban J connectivity index is 2.10. The van der Waals surface area contributed by atoms with Gasteiger partial charge in [-0.15, -0.1) is 0 Å². The van der Waals surface area contributed by atoms with Crippen molar-refractivity contribution in [3.63, 3.8) is 0 Å². The molecule has 136 valence electrons. The Morgan fingerprint density at radius 3 is 2.12 bits per heavy atom. The zero-order chi connectivity index (χ0) is 18.7. The minimum Gasteiger partial charge on any atom is -0.467 e. The molecular formula is C16H13F6NO2. The van der Waals surface area contributed by atoms with Crippen LogP contribution >= 0.6 is 0 Å². The van der Waals surface area contributed by atoms with Crippen LogP contribution < -0.4 is 0 Å². The molecular weight excluding hydrogens is 352 g/mol. The largest absolute Gasteiger partial charge is 0.467 e. The first-order valence-electron chi connectivity index (χ1n) is 7.07. The number of hydrogen-bond acceptors (Lipinski definition) is 2. The standard InChI is InChI=1S/C16H13F6NO2/c17-15(18,19)10-23(9-13-2-1-7-25-13)14(24)8-11-3-5-12(6-4-11)16(20,21)22/h1-7H,8-10H2. The van der Waals surface area contributed by atoms with Crippen LogP contribution in [0.4, 0.5) is 26.3 Å². The molecule has 0 aliphatic carbocycles. The smallest absolute Gasteiger partial charge is 0.416 e. The fourth-order valence-electron chi connectivity index (χ4n) is 2.14. The van der Waals surface area contributed by atoms with Crippen molar-refractivity contribution in [3.8, 4) is 0 Å². The second-order valence-electron chi connectivity index (χ2n) is 5.32. The van der Waals surface area contributed by atoms with Crippen molar-refractivity contribution in [2.75, 3.05) is 6.54 Å². The quantitative estimate of drug-likeness (QED) is 0.735. The van der Waals surface area contributed by atoms with E-state index in [9.17, 15) is 31.1 Å². The lowest BCUT2D eigenvalue weighted by Gasteiger charge is -2.23. The van der Waals surface area contributed by atoms with E-state index in [0.717, 1.165) is 24.3 Å². The highest BCUT2D eigenvalue weighted by atomic mass is 19.4. The number of rotatable bonds is 5. The number of benzene rings is 1. The van der Waals surface area contributed by atoms with Crippen molar-refractivity contribution in [1.29, 1.82) is 0 Å². The number of carbonyl (C=O) groups excluding carboxylic acids is 1. The second kappa shape index (κ2) is 7.20. The van der Waals surface area contributed by atoms with E-state index in [1.54, 1.807) is 0 Å². The van der Waals surface area contributed by atoms with Crippen LogP contribution in [0.1, 0.15) is 16.9 Å². The molecule has 0 saturated carbocycles. The highest BCUT2D eigenvalue weighted by molar-refractivity contribution is 5.78. The van der Waals surface area contributed by atoms with Gasteiger partial charge in [0.1, 0.15) is 12.3 Å². The molecule has 0 bridgehead atoms. The van der Waals surface area contributed by atoms with E-state index in [2.05, 4.69) is 0 Å². The van der Waals surface area contributed by atoms with Crippen molar-refractivity contribution in [2.24, 2.45) is 0 Å². The van der Waals surface area contributed by atoms with Gasteiger partial charge in [0.15, 0.2) is 0 Å². The second-order valence-corrected chi connectivity index (χ2v) is 5.32. The van der Waals surface area contributed by atoms with E-state index in [-0.39, 0.29) is 17.9 Å². The highest BCUT2D eigenvalue weighted by Gasteiger charge is 2.34. The van der Waals surface area contributed by atoms with Crippen molar-refractivity contribution in [2.45, 2.75) is 25.3 Å². The van der Waals surface area contributed by atoms with Gasteiger partial charge in [-0.25, -0.2) is 0 Å². The summed E-state index contributed by atoms with van der Waals surface area (Å²) in [4.78, 5) is 12.7. The Hall–Kier alpha value is -2.45. The topological polar surface area (TPSA) is 33.5 Å². The third kappa shape index (κ3) is 5.84. The van der Waals surface area contributed by atoms with Crippen LogP contribution in [-0.4, -0.2) is 23.5 Å². The maximum absolute atomic E-state index is 12.7. The molecule has 3 nitrogen and oxygen atoms in total. The van der Waals surface area contributed by atoms with Crippen LogP contribution in [0.2, 0.25) is 0 Å². The molecule has 0 spiro atoms. The molecule has 0 unspecified atom stereocenters. The lowest BCUT2D eigenvalue weighted by Crippen LogP contribution is -2.39. The molecule has 2 rings (SSSR count). The predicted octanol–water partition coefficient (Wildman–Crippen LogP) is 4.43. The number of halogens is 6. The Labute approximate surface area is 138 Å². The molecule has 2 aromatic rings. The van der Waals surface area contributed by atoms with Gasteiger partial charge < -0.3 is 9.32 Å². The average Bonchev–Trinajstić information content (AvgIpc) is 2.98. The van der Waals surface area contributed by atoms with E-state index in [1.165, 1.54) is 18.4 Å². The van der Waals surface area contributed by atoms with Gasteiger partial charge in [-0.2, -0.15) is 26.3 Å². The third-order valence-electron chi connectivity index (χ3n) is 3.29. The van der Waals surface area contributed by atoms with Gasteiger partial charge in [-0.3, -0.25) is 4.79 Å². The van der Waals surface area contributed by atoms with E-state index in [4.69, 9.17) is 4.42 Å². The molecule has 0 atom stereocenters. The molecule has 0 N–H and O–H groups in total. The third-order valence-corrected chi connectivity index (χ3v) is 3.29. The van der Waals surface area contributed by atoms with E-state index in [0.29, 0.717) is 4.90 Å². The molecule has 0 radical (unpaired) electrons. The molecule has 1 aromatic heterocycles. The predicted molar refractivity (Wildman–Crippen MR) is 75.3 cm³/mol. The Kier molecular flexibility index (Phi) is 5.44. The normalized spacial score (nSPS) is 12.2. The molecule has 0 fully saturated rings. The Morgan fingerprint density at radius 1 is 1.00 bits per heavy atom. The van der Waals surface area contributed by atoms with Gasteiger partial charge in [-0.1, -0.05) is 12.1 Å². The minimum atomic E-state index is -4.61. The zero-order valence-electron chi connectivity index (χ0n) is 12.7. The molecule has 1 amide bonds. The van der Waals surface area contributed by atoms with Crippen LogP contribution in [0.15, 0.2) is 47.1 Å². The molecule has 1 heterocycles. The number of furan rings is 1. The van der Waals surface area contributed by atoms with Crippen molar-refractivity contribution >= 4 is 5.91 Å². The first-order chi connectivity index (χ1) is 11.5. The van der Waals surface area contributed by atoms with Crippen molar-refractivity contribution in [1.82, 2.24) is 4.90 Å². The summed E-state index contributed by atoms with van der Waals surface area (Å²) in [6, 6.07) is 6.60. The van der Waals surface area contributed by atoms with Crippen LogP contribution in [0.3, 0.4) is 0 Å². The van der Waals surface area contributed by atoms with E-state index in [1.807, 2.05) is 0 Å². The number of carbonyl (C=O) groups is 1. The minimum absolute atomic E-state index is 0.171. The van der Waals surface area contributed by atoms with Gasteiger partial charge in [-0.05, 0) is 29.8 Å². The van der Waals surface area contributed by atoms with Gasteiger partial charge in [0.2, 0.25) is 5.91 Å². The van der Waals surface area contributed by atoms with E-state index < -0.39 is 36.8 Å². The SMILES string of the molecule is O=C(Cc1ccc(C(F)(F)F)cc1)N(Cc1ccco1)CC(F)(F)F. The molecule has 9 heteroatoms. The summed E-state index contributed by atoms with van der Waals surface area (Å²) in [5.74, 6) is -0.696. The first kappa shape index (κ1) is 18.9. The summed E-state index contributed by atoms with van der Waals surface area (Å²) in [5.41, 5.74) is -0.712. The van der Waals surface area contributed by atoms with Crippen LogP contribution in [-0.2, 0) is 23.9 Å². The number of hydrogen-bond donors (Lipinski definition) is 0. The summed E-state index contributed by atoms with van der Waals surface area (Å²) < 4.78 is 80.4. The molecule has 0 aliphatic rings. The molecule has 0 saturated heterocycles. The molecule has 25 heavy (non-hydrogen) atoms. The maximum Gasteiger partial charge on any atom is 0.416 e. The first-order valence-corrected chi connectivity index (χ1v) is 7.07. The number of nitrogens with zero attached hydrogens (tertiary/aromatic N) is 1. The lowest BCUT2D eigenvalue weighted by atomic mass is 10.1. The average molecular weight is 365 g/mol. The van der Waals surface area contributed by atoms with Gasteiger partial charge in [0.05, 0.1) is 24.8 Å². The summed E-state index contributed by atoms with van der Waals surface area (Å²) in [5, 5.41) is 0. The fraction of sp³-hybridized carbons (Fsp3) is 0.312. The van der Waals surface area contributed by atoms with Crippen molar-refractivity contribution in [3.05, 3.63) is 59.5 Å². The van der Waals surface area contributed by atoms with Crippen LogP contribution in [0.25, 0.3) is 0 Å². The van der Waals surface area contributed by atoms with Crippen LogP contribution in [0.5, 0.6) is 0 Å². The summed E-state index contributed by atoms with van der Waals surface area (Å²) >= 11 is 0. The summed E-state index contributed by atoms with van der Waals surface area (Å²) in [6.45, 7) is -1.86. The zero-order valence-corrected chi connectivity index (χ0v) is 12.7. The van der Waals surface area contributed by atoms with Gasteiger partial charge in [0.25, 0.3) is 0 Å².